The Labute approximate surface area is 326 Å². The molecular weight excluding hydrogens is 669 g/mol. The van der Waals surface area contributed by atoms with Gasteiger partial charge in [-0.25, -0.2) is 0 Å². The molecule has 5 heteroatoms. The number of phenolic OH excluding ortho intramolecular Hbond substituents is 1. The van der Waals surface area contributed by atoms with Crippen molar-refractivity contribution in [2.75, 3.05) is 19.8 Å². The Bertz CT molecular complexity index is 1830. The maximum Gasteiger partial charge on any atom is 0.132 e. The van der Waals surface area contributed by atoms with Crippen molar-refractivity contribution in [2.24, 2.45) is 11.8 Å². The predicted molar refractivity (Wildman–Crippen MR) is 223 cm³/mol. The van der Waals surface area contributed by atoms with Crippen LogP contribution in [0.15, 0.2) is 48.5 Å². The summed E-state index contributed by atoms with van der Waals surface area (Å²) >= 11 is 0. The van der Waals surface area contributed by atoms with Gasteiger partial charge in [-0.3, -0.25) is 0 Å². The van der Waals surface area contributed by atoms with Crippen LogP contribution >= 0.6 is 0 Å². The second-order valence-electron chi connectivity index (χ2n) is 17.3. The van der Waals surface area contributed by atoms with Gasteiger partial charge in [-0.15, -0.1) is 0 Å². The Kier molecular flexibility index (Phi) is 13.3. The third kappa shape index (κ3) is 10.9. The van der Waals surface area contributed by atoms with E-state index in [1.54, 1.807) is 0 Å². The number of rotatable bonds is 14. The fourth-order valence-corrected chi connectivity index (χ4v) is 7.70. The molecule has 54 heavy (non-hydrogen) atoms. The molecule has 0 radical (unpaired) electrons. The molecule has 6 rings (SSSR count). The molecule has 2 fully saturated rings. The summed E-state index contributed by atoms with van der Waals surface area (Å²) in [5.41, 5.74) is 15.9. The lowest BCUT2D eigenvalue weighted by molar-refractivity contribution is 0.0728. The van der Waals surface area contributed by atoms with Crippen molar-refractivity contribution in [1.82, 2.24) is 0 Å². The lowest BCUT2D eigenvalue weighted by atomic mass is 9.87. The Morgan fingerprint density at radius 1 is 0.630 bits per heavy atom. The highest BCUT2D eigenvalue weighted by Crippen LogP contribution is 2.35. The largest absolute Gasteiger partial charge is 0.507 e. The molecule has 0 bridgehead atoms. The Morgan fingerprint density at radius 3 is 1.44 bits per heavy atom. The van der Waals surface area contributed by atoms with E-state index < -0.39 is 0 Å². The third-order valence-electron chi connectivity index (χ3n) is 11.4. The summed E-state index contributed by atoms with van der Waals surface area (Å²) in [6.45, 7) is 30.5. The second kappa shape index (κ2) is 17.3. The van der Waals surface area contributed by atoms with Crippen LogP contribution in [0.2, 0.25) is 0 Å². The highest BCUT2D eigenvalue weighted by molar-refractivity contribution is 5.48. The van der Waals surface area contributed by atoms with E-state index in [4.69, 9.17) is 18.9 Å². The van der Waals surface area contributed by atoms with E-state index in [1.165, 1.54) is 62.9 Å². The maximum atomic E-state index is 9.90. The molecule has 2 aliphatic rings. The zero-order valence-electron chi connectivity index (χ0n) is 35.5. The molecule has 0 aliphatic carbocycles. The molecule has 3 atom stereocenters. The number of hydrogen-bond donors (Lipinski definition) is 1. The first-order chi connectivity index (χ1) is 25.4. The molecule has 0 aromatic heterocycles. The molecule has 0 saturated carbocycles. The van der Waals surface area contributed by atoms with Crippen LogP contribution in [0.1, 0.15) is 113 Å². The highest BCUT2D eigenvalue weighted by atomic mass is 16.6. The highest BCUT2D eigenvalue weighted by Gasteiger charge is 2.42. The topological polar surface area (TPSA) is 63.8 Å². The van der Waals surface area contributed by atoms with Gasteiger partial charge >= 0.3 is 0 Å². The minimum atomic E-state index is -0.284. The molecule has 2 saturated heterocycles. The molecule has 4 aromatic carbocycles. The van der Waals surface area contributed by atoms with Crippen LogP contribution in [0.5, 0.6) is 17.2 Å². The van der Waals surface area contributed by atoms with E-state index in [0.717, 1.165) is 71.6 Å². The standard InChI is InChI=1S/C29H42O2.C20H24O3/c1-18(2)19(3)10-11-26-20(4)12-24(13-21(26)5)16-25-14-22(6)28(23(7)15-25)31-29(8,9)27-17-30-27;1-12-5-16(6-13(2)19(12)21)9-17-7-14(3)20(15(4)8-17)23-11-18-10-22-18/h12-15,18-19,27H,10-11,16-17H2,1-9H3;5-8,18,21H,9-11H2,1-4H3. The van der Waals surface area contributed by atoms with Crippen molar-refractivity contribution in [3.8, 4) is 17.2 Å². The molecule has 3 unspecified atom stereocenters. The van der Waals surface area contributed by atoms with E-state index in [9.17, 15) is 5.11 Å². The summed E-state index contributed by atoms with van der Waals surface area (Å²) in [6, 6.07) is 17.9. The van der Waals surface area contributed by atoms with E-state index in [-0.39, 0.29) is 17.8 Å². The van der Waals surface area contributed by atoms with Crippen LogP contribution < -0.4 is 9.47 Å². The van der Waals surface area contributed by atoms with Gasteiger partial charge in [0.2, 0.25) is 0 Å². The third-order valence-corrected chi connectivity index (χ3v) is 11.4. The summed E-state index contributed by atoms with van der Waals surface area (Å²) in [7, 11) is 0. The van der Waals surface area contributed by atoms with Gasteiger partial charge in [-0.2, -0.15) is 0 Å². The van der Waals surface area contributed by atoms with Gasteiger partial charge in [-0.05, 0) is 179 Å². The summed E-state index contributed by atoms with van der Waals surface area (Å²) in [5, 5.41) is 9.90. The molecule has 0 spiro atoms. The molecule has 2 heterocycles. The first-order valence-corrected chi connectivity index (χ1v) is 20.0. The second-order valence-corrected chi connectivity index (χ2v) is 17.3. The first-order valence-electron chi connectivity index (χ1n) is 20.0. The van der Waals surface area contributed by atoms with Crippen molar-refractivity contribution in [2.45, 2.75) is 134 Å². The molecule has 4 aromatic rings. The van der Waals surface area contributed by atoms with Crippen LogP contribution in [0.4, 0.5) is 0 Å². The van der Waals surface area contributed by atoms with Gasteiger partial charge < -0.3 is 24.1 Å². The number of aryl methyl sites for hydroxylation is 8. The minimum absolute atomic E-state index is 0.207. The number of phenols is 1. The Balaban J connectivity index is 0.000000217. The predicted octanol–water partition coefficient (Wildman–Crippen LogP) is 11.3. The molecule has 2 aliphatic heterocycles. The summed E-state index contributed by atoms with van der Waals surface area (Å²) in [5.74, 6) is 3.89. The van der Waals surface area contributed by atoms with Crippen molar-refractivity contribution in [3.63, 3.8) is 0 Å². The van der Waals surface area contributed by atoms with Crippen molar-refractivity contribution < 1.29 is 24.1 Å². The number of benzene rings is 4. The SMILES string of the molecule is Cc1cc(Cc2cc(C)c(OC(C)(C)C3CO3)c(C)c2)cc(C)c1CCC(C)C(C)C.Cc1cc(Cc2cc(C)c(OCC3CO3)c(C)c2)cc(C)c1O. The fourth-order valence-electron chi connectivity index (χ4n) is 7.70. The van der Waals surface area contributed by atoms with Gasteiger partial charge in [0.15, 0.2) is 0 Å². The van der Waals surface area contributed by atoms with Crippen molar-refractivity contribution in [3.05, 3.63) is 121 Å². The number of ether oxygens (including phenoxy) is 4. The van der Waals surface area contributed by atoms with Crippen LogP contribution in [-0.2, 0) is 28.7 Å². The quantitative estimate of drug-likeness (QED) is 0.131. The maximum absolute atomic E-state index is 9.90. The van der Waals surface area contributed by atoms with Gasteiger partial charge in [-0.1, -0.05) is 69.3 Å². The summed E-state index contributed by atoms with van der Waals surface area (Å²) < 4.78 is 23.0. The fraction of sp³-hybridized carbons (Fsp3) is 0.510. The van der Waals surface area contributed by atoms with Gasteiger partial charge in [0.1, 0.15) is 41.7 Å². The van der Waals surface area contributed by atoms with Crippen molar-refractivity contribution in [1.29, 1.82) is 0 Å². The first kappa shape index (κ1) is 41.4. The zero-order chi connectivity index (χ0) is 39.5. The van der Waals surface area contributed by atoms with Crippen LogP contribution in [0.25, 0.3) is 0 Å². The van der Waals surface area contributed by atoms with Gasteiger partial charge in [0, 0.05) is 0 Å². The monoisotopic (exact) mass is 734 g/mol. The molecular formula is C49H66O5. The Hall–Kier alpha value is -3.80. The lowest BCUT2D eigenvalue weighted by Crippen LogP contribution is -2.35. The number of aromatic hydroxyl groups is 1. The lowest BCUT2D eigenvalue weighted by Gasteiger charge is -2.27. The minimum Gasteiger partial charge on any atom is -0.507 e. The van der Waals surface area contributed by atoms with Gasteiger partial charge in [0.05, 0.1) is 13.2 Å². The van der Waals surface area contributed by atoms with Crippen LogP contribution in [0, 0.1) is 67.2 Å². The van der Waals surface area contributed by atoms with E-state index >= 15 is 0 Å². The summed E-state index contributed by atoms with van der Waals surface area (Å²) in [4.78, 5) is 0. The van der Waals surface area contributed by atoms with E-state index in [1.807, 2.05) is 13.8 Å². The Morgan fingerprint density at radius 2 is 1.04 bits per heavy atom. The van der Waals surface area contributed by atoms with Crippen LogP contribution in [-0.4, -0.2) is 42.7 Å². The van der Waals surface area contributed by atoms with E-state index in [0.29, 0.717) is 12.4 Å². The zero-order valence-corrected chi connectivity index (χ0v) is 35.5. The average Bonchev–Trinajstić information content (AvgIpc) is 3.99. The van der Waals surface area contributed by atoms with Crippen LogP contribution in [0.3, 0.4) is 0 Å². The number of epoxide rings is 2. The molecule has 292 valence electrons. The van der Waals surface area contributed by atoms with Crippen molar-refractivity contribution >= 4 is 0 Å². The normalized spacial score (nSPS) is 16.9. The molecule has 1 N–H and O–H groups in total. The van der Waals surface area contributed by atoms with E-state index in [2.05, 4.69) is 125 Å². The molecule has 0 amide bonds. The smallest absolute Gasteiger partial charge is 0.132 e. The molecule has 5 nitrogen and oxygen atoms in total. The number of hydrogen-bond acceptors (Lipinski definition) is 5. The average molecular weight is 735 g/mol. The summed E-state index contributed by atoms with van der Waals surface area (Å²) in [6.07, 6.45) is 4.75. The van der Waals surface area contributed by atoms with Gasteiger partial charge in [0.25, 0.3) is 0 Å².